The summed E-state index contributed by atoms with van der Waals surface area (Å²) >= 11 is 0. The topological polar surface area (TPSA) is 12.4 Å². The number of rotatable bonds is 13. The zero-order valence-electron chi connectivity index (χ0n) is 23.8. The Balaban J connectivity index is 0. The molecular formula is C30H56NPTi. The fraction of sp³-hybridized carbons (Fsp3) is 0.733. The molecule has 0 radical (unpaired) electrons. The molecule has 1 rings (SSSR count). The van der Waals surface area contributed by atoms with Crippen molar-refractivity contribution >= 4 is 7.05 Å². The summed E-state index contributed by atoms with van der Waals surface area (Å²) in [4.78, 5) is 0. The van der Waals surface area contributed by atoms with E-state index in [1.54, 1.807) is 0 Å². The van der Waals surface area contributed by atoms with Crippen molar-refractivity contribution in [3.8, 4) is 0 Å². The molecule has 33 heavy (non-hydrogen) atoms. The maximum atomic E-state index is 5.57. The van der Waals surface area contributed by atoms with Crippen LogP contribution in [0, 0.1) is 11.8 Å². The molecule has 1 aliphatic rings. The van der Waals surface area contributed by atoms with E-state index < -0.39 is 7.05 Å². The van der Waals surface area contributed by atoms with Gasteiger partial charge in [0.15, 0.2) is 0 Å². The van der Waals surface area contributed by atoms with Gasteiger partial charge < -0.3 is 0 Å². The number of hydrogen-bond acceptors (Lipinski definition) is 1. The summed E-state index contributed by atoms with van der Waals surface area (Å²) in [6, 6.07) is 0. The second-order valence-corrected chi connectivity index (χ2v) is 14.8. The van der Waals surface area contributed by atoms with Gasteiger partial charge in [0, 0.05) is 33.8 Å². The Hall–Kier alpha value is -0.0957. The van der Waals surface area contributed by atoms with Crippen LogP contribution in [-0.4, -0.2) is 17.0 Å². The molecule has 0 heterocycles. The molecule has 190 valence electrons. The quantitative estimate of drug-likeness (QED) is 0.133. The van der Waals surface area contributed by atoms with E-state index in [1.807, 2.05) is 0 Å². The van der Waals surface area contributed by atoms with E-state index in [0.717, 1.165) is 23.4 Å². The van der Waals surface area contributed by atoms with Gasteiger partial charge in [0.05, 0.1) is 0 Å². The van der Waals surface area contributed by atoms with Gasteiger partial charge in [-0.25, -0.2) is 0 Å². The summed E-state index contributed by atoms with van der Waals surface area (Å²) in [7, 11) is -1.35. The second-order valence-electron chi connectivity index (χ2n) is 10.4. The van der Waals surface area contributed by atoms with Crippen LogP contribution in [0.5, 0.6) is 0 Å². The van der Waals surface area contributed by atoms with E-state index in [0.29, 0.717) is 11.8 Å². The van der Waals surface area contributed by atoms with E-state index in [2.05, 4.69) is 112 Å². The monoisotopic (exact) mass is 509 g/mol. The van der Waals surface area contributed by atoms with Crippen molar-refractivity contribution in [3.63, 3.8) is 0 Å². The zero-order valence-corrected chi connectivity index (χ0v) is 26.2. The molecule has 0 aromatic rings. The Labute approximate surface area is 224 Å². The van der Waals surface area contributed by atoms with E-state index in [1.165, 1.54) is 44.2 Å². The summed E-state index contributed by atoms with van der Waals surface area (Å²) < 4.78 is 5.57. The van der Waals surface area contributed by atoms with Crippen molar-refractivity contribution in [2.75, 3.05) is 0 Å². The number of nitrogens with zero attached hydrogens (tertiary/aromatic N) is 1. The zero-order chi connectivity index (χ0) is 24.6. The van der Waals surface area contributed by atoms with Crippen molar-refractivity contribution in [2.24, 2.45) is 16.6 Å². The molecule has 0 amide bonds. The van der Waals surface area contributed by atoms with Crippen molar-refractivity contribution < 1.29 is 21.7 Å². The van der Waals surface area contributed by atoms with Crippen LogP contribution in [0.2, 0.25) is 0 Å². The molecule has 1 aliphatic carbocycles. The molecule has 0 aromatic carbocycles. The Kier molecular flexibility index (Phi) is 21.4. The van der Waals surface area contributed by atoms with Crippen molar-refractivity contribution in [1.29, 1.82) is 0 Å². The molecule has 0 aliphatic heterocycles. The molecule has 0 spiro atoms. The van der Waals surface area contributed by atoms with Crippen LogP contribution in [0.15, 0.2) is 53.0 Å². The first-order valence-corrected chi connectivity index (χ1v) is 15.4. The molecule has 0 saturated heterocycles. The third-order valence-electron chi connectivity index (χ3n) is 6.39. The summed E-state index contributed by atoms with van der Waals surface area (Å²) in [5.74, 6) is 1.33. The SMILES string of the molecule is CC(C)C=CC=CC(C)C.CCCC(C)P(=NC1=CC=CC1)(C(C)CCC)C(C)CCC.[Ti]. The molecule has 3 atom stereocenters. The third-order valence-corrected chi connectivity index (χ3v) is 12.0. The molecule has 0 saturated carbocycles. The van der Waals surface area contributed by atoms with Gasteiger partial charge in [0.25, 0.3) is 0 Å². The minimum absolute atomic E-state index is 0. The van der Waals surface area contributed by atoms with E-state index in [4.69, 9.17) is 4.74 Å². The van der Waals surface area contributed by atoms with Crippen LogP contribution in [0.3, 0.4) is 0 Å². The molecule has 3 unspecified atom stereocenters. The van der Waals surface area contributed by atoms with E-state index in [-0.39, 0.29) is 21.7 Å². The predicted molar refractivity (Wildman–Crippen MR) is 152 cm³/mol. The Morgan fingerprint density at radius 1 is 0.758 bits per heavy atom. The number of allylic oxidation sites excluding steroid dienone is 7. The Morgan fingerprint density at radius 2 is 1.15 bits per heavy atom. The van der Waals surface area contributed by atoms with Crippen molar-refractivity contribution in [1.82, 2.24) is 0 Å². The molecule has 0 fully saturated rings. The van der Waals surface area contributed by atoms with Gasteiger partial charge in [-0.15, -0.1) is 0 Å². The largest absolute Gasteiger partial charge is 0.271 e. The molecule has 0 bridgehead atoms. The molecule has 3 heteroatoms. The predicted octanol–water partition coefficient (Wildman–Crippen LogP) is 11.0. The average molecular weight is 510 g/mol. The molecule has 1 nitrogen and oxygen atoms in total. The molecule has 0 aromatic heterocycles. The van der Waals surface area contributed by atoms with Gasteiger partial charge in [-0.05, 0) is 61.2 Å². The smallest absolute Gasteiger partial charge is 0.0425 e. The van der Waals surface area contributed by atoms with Crippen molar-refractivity contribution in [2.45, 2.75) is 131 Å². The van der Waals surface area contributed by atoms with Crippen LogP contribution >= 0.6 is 7.05 Å². The third kappa shape index (κ3) is 13.5. The maximum absolute atomic E-state index is 5.57. The minimum atomic E-state index is -1.35. The Bertz CT molecular complexity index is 600. The second kappa shape index (κ2) is 20.1. The normalized spacial score (nSPS) is 18.0. The van der Waals surface area contributed by atoms with Gasteiger partial charge in [-0.2, -0.15) is 0 Å². The summed E-state index contributed by atoms with van der Waals surface area (Å²) in [5.41, 5.74) is 3.65. The standard InChI is InChI=1S/C20H38NP.C10H18.Ti/c1-7-12-17(4)22(18(5)13-8-2,19(6)14-9-3)21-20-15-10-11-16-20;1-9(2)7-5-6-8-10(3)4;/h10-11,15,17-19H,7-9,12-14,16H2,1-6H3;5-10H,1-4H3;. The Morgan fingerprint density at radius 3 is 1.42 bits per heavy atom. The summed E-state index contributed by atoms with van der Waals surface area (Å²) in [6.07, 6.45) is 24.2. The van der Waals surface area contributed by atoms with Gasteiger partial charge in [-0.1, -0.05) is 125 Å². The first-order chi connectivity index (χ1) is 15.1. The minimum Gasteiger partial charge on any atom is -0.271 e. The van der Waals surface area contributed by atoms with Crippen LogP contribution in [0.4, 0.5) is 0 Å². The number of hydrogen-bond donors (Lipinski definition) is 0. The maximum Gasteiger partial charge on any atom is 0.0425 e. The van der Waals surface area contributed by atoms with Crippen LogP contribution in [0.25, 0.3) is 0 Å². The fourth-order valence-corrected chi connectivity index (χ4v) is 10.6. The fourth-order valence-electron chi connectivity index (χ4n) is 4.78. The van der Waals surface area contributed by atoms with Crippen LogP contribution < -0.4 is 0 Å². The first-order valence-electron chi connectivity index (χ1n) is 13.5. The van der Waals surface area contributed by atoms with Gasteiger partial charge >= 0.3 is 0 Å². The molecule has 0 N–H and O–H groups in total. The summed E-state index contributed by atoms with van der Waals surface area (Å²) in [6.45, 7) is 23.2. The summed E-state index contributed by atoms with van der Waals surface area (Å²) in [5, 5.41) is 0. The van der Waals surface area contributed by atoms with Gasteiger partial charge in [0.1, 0.15) is 0 Å². The van der Waals surface area contributed by atoms with Crippen LogP contribution in [0.1, 0.15) is 114 Å². The molecular weight excluding hydrogens is 453 g/mol. The van der Waals surface area contributed by atoms with Crippen molar-refractivity contribution in [3.05, 3.63) is 48.2 Å². The van der Waals surface area contributed by atoms with E-state index in [9.17, 15) is 0 Å². The van der Waals surface area contributed by atoms with Gasteiger partial charge in [-0.3, -0.25) is 4.74 Å². The average Bonchev–Trinajstić information content (AvgIpc) is 3.23. The van der Waals surface area contributed by atoms with E-state index >= 15 is 0 Å². The van der Waals surface area contributed by atoms with Gasteiger partial charge in [0.2, 0.25) is 0 Å². The first kappa shape index (κ1) is 35.1. The van der Waals surface area contributed by atoms with Crippen LogP contribution in [-0.2, 0) is 21.7 Å².